The Bertz CT molecular complexity index is 2140. The van der Waals surface area contributed by atoms with Crippen molar-refractivity contribution in [2.75, 3.05) is 18.9 Å². The van der Waals surface area contributed by atoms with Gasteiger partial charge in [-0.25, -0.2) is 24.0 Å². The highest BCUT2D eigenvalue weighted by atomic mass is 16.8. The predicted octanol–water partition coefficient (Wildman–Crippen LogP) is 7.24. The van der Waals surface area contributed by atoms with Crippen molar-refractivity contribution >= 4 is 53.7 Å². The molecule has 0 radical (unpaired) electrons. The Kier molecular flexibility index (Phi) is 14.1. The van der Waals surface area contributed by atoms with Crippen LogP contribution in [0.5, 0.6) is 17.2 Å². The minimum absolute atomic E-state index is 0.0896. The second kappa shape index (κ2) is 19.3. The summed E-state index contributed by atoms with van der Waals surface area (Å²) in [6.07, 6.45) is 1.30. The lowest BCUT2D eigenvalue weighted by molar-refractivity contribution is -0.147. The molecule has 0 bridgehead atoms. The molecule has 0 aliphatic rings. The van der Waals surface area contributed by atoms with Crippen molar-refractivity contribution in [1.82, 2.24) is 0 Å². The Balaban J connectivity index is 1.30. The minimum Gasteiger partial charge on any atom is -0.425 e. The average Bonchev–Trinajstić information content (AvgIpc) is 3.16. The number of esters is 3. The molecular formula is C40H34N2O13. The predicted molar refractivity (Wildman–Crippen MR) is 197 cm³/mol. The van der Waals surface area contributed by atoms with Gasteiger partial charge in [-0.1, -0.05) is 13.2 Å². The average molecular weight is 751 g/mol. The van der Waals surface area contributed by atoms with Gasteiger partial charge in [0.2, 0.25) is 13.6 Å². The SMILES string of the molecule is C=CC(=O)OCOC(=O)Oc1ccc(C(=O)Nc2cc(C)c(/N=C/c3ccc(OC(=O)c4ccc(OC(=O)OCOC(=O)C=C)cc4)c(C)c3)cc2C)cc1. The van der Waals surface area contributed by atoms with E-state index in [0.29, 0.717) is 28.3 Å². The van der Waals surface area contributed by atoms with E-state index in [-0.39, 0.29) is 17.1 Å². The monoisotopic (exact) mass is 750 g/mol. The fourth-order valence-corrected chi connectivity index (χ4v) is 4.41. The van der Waals surface area contributed by atoms with Crippen LogP contribution in [0.1, 0.15) is 43.0 Å². The quantitative estimate of drug-likeness (QED) is 0.0339. The van der Waals surface area contributed by atoms with Crippen molar-refractivity contribution in [1.29, 1.82) is 0 Å². The van der Waals surface area contributed by atoms with Gasteiger partial charge in [0.1, 0.15) is 17.2 Å². The zero-order valence-electron chi connectivity index (χ0n) is 29.8. The molecule has 55 heavy (non-hydrogen) atoms. The standard InChI is InChI=1S/C40H34N2O13/c1-6-35(43)49-22-51-39(47)53-30-13-9-28(10-14-30)37(45)42-33-20-24(3)32(19-25(33)4)41-21-27-8-17-34(26(5)18-27)55-38(46)29-11-15-31(16-12-29)54-40(48)52-23-50-36(44)7-2/h6-21H,1-2,22-23H2,3-5H3,(H,42,45)/b41-21+. The molecule has 0 spiro atoms. The Morgan fingerprint density at radius 1 is 0.618 bits per heavy atom. The number of aliphatic imine (C=N–C) groups is 1. The molecule has 0 aliphatic heterocycles. The third-order valence-electron chi connectivity index (χ3n) is 7.24. The summed E-state index contributed by atoms with van der Waals surface area (Å²) < 4.78 is 33.8. The van der Waals surface area contributed by atoms with E-state index >= 15 is 0 Å². The fourth-order valence-electron chi connectivity index (χ4n) is 4.41. The van der Waals surface area contributed by atoms with Crippen LogP contribution in [0.3, 0.4) is 0 Å². The van der Waals surface area contributed by atoms with E-state index in [1.54, 1.807) is 37.4 Å². The highest BCUT2D eigenvalue weighted by Gasteiger charge is 2.15. The summed E-state index contributed by atoms with van der Waals surface area (Å²) in [6, 6.07) is 20.2. The van der Waals surface area contributed by atoms with Gasteiger partial charge in [0, 0.05) is 29.6 Å². The van der Waals surface area contributed by atoms with E-state index in [2.05, 4.69) is 42.4 Å². The molecule has 0 aliphatic carbocycles. The van der Waals surface area contributed by atoms with Gasteiger partial charge in [0.15, 0.2) is 0 Å². The van der Waals surface area contributed by atoms with Crippen molar-refractivity contribution in [3.8, 4) is 17.2 Å². The minimum atomic E-state index is -1.11. The summed E-state index contributed by atoms with van der Waals surface area (Å²) in [4.78, 5) is 75.8. The molecule has 282 valence electrons. The Morgan fingerprint density at radius 2 is 1.16 bits per heavy atom. The summed E-state index contributed by atoms with van der Waals surface area (Å²) in [7, 11) is 0. The Hall–Kier alpha value is -7.55. The summed E-state index contributed by atoms with van der Waals surface area (Å²) in [5.41, 5.74) is 4.73. The molecule has 1 amide bonds. The lowest BCUT2D eigenvalue weighted by Crippen LogP contribution is -2.15. The number of amides is 1. The number of carbonyl (C=O) groups is 6. The number of ether oxygens (including phenoxy) is 7. The maximum Gasteiger partial charge on any atom is 0.516 e. The number of hydrogen-bond acceptors (Lipinski definition) is 14. The molecule has 0 fully saturated rings. The van der Waals surface area contributed by atoms with Crippen LogP contribution in [0.25, 0.3) is 0 Å². The smallest absolute Gasteiger partial charge is 0.425 e. The van der Waals surface area contributed by atoms with Crippen molar-refractivity contribution in [2.24, 2.45) is 4.99 Å². The lowest BCUT2D eigenvalue weighted by Gasteiger charge is -2.12. The number of aryl methyl sites for hydroxylation is 3. The molecule has 15 heteroatoms. The zero-order chi connectivity index (χ0) is 39.9. The third-order valence-corrected chi connectivity index (χ3v) is 7.24. The highest BCUT2D eigenvalue weighted by molar-refractivity contribution is 6.05. The van der Waals surface area contributed by atoms with E-state index in [1.165, 1.54) is 48.5 Å². The number of rotatable bonds is 14. The number of nitrogens with one attached hydrogen (secondary N) is 1. The molecule has 4 aromatic rings. The van der Waals surface area contributed by atoms with Crippen LogP contribution < -0.4 is 19.5 Å². The molecule has 0 aromatic heterocycles. The van der Waals surface area contributed by atoms with E-state index in [4.69, 9.17) is 14.2 Å². The first-order valence-corrected chi connectivity index (χ1v) is 16.1. The van der Waals surface area contributed by atoms with Gasteiger partial charge in [0.05, 0.1) is 11.3 Å². The molecular weight excluding hydrogens is 716 g/mol. The normalized spacial score (nSPS) is 10.4. The van der Waals surface area contributed by atoms with Gasteiger partial charge >= 0.3 is 30.2 Å². The van der Waals surface area contributed by atoms with Crippen molar-refractivity contribution in [3.05, 3.63) is 138 Å². The van der Waals surface area contributed by atoms with Crippen LogP contribution in [-0.2, 0) is 28.5 Å². The molecule has 15 nitrogen and oxygen atoms in total. The number of anilines is 1. The molecule has 0 saturated carbocycles. The van der Waals surface area contributed by atoms with Gasteiger partial charge in [-0.15, -0.1) is 0 Å². The summed E-state index contributed by atoms with van der Waals surface area (Å²) in [5.74, 6) is -2.01. The van der Waals surface area contributed by atoms with Crippen LogP contribution in [0.15, 0.2) is 109 Å². The van der Waals surface area contributed by atoms with Crippen molar-refractivity contribution < 1.29 is 61.9 Å². The summed E-state index contributed by atoms with van der Waals surface area (Å²) in [5, 5.41) is 2.87. The molecule has 4 rings (SSSR count). The molecule has 0 unspecified atom stereocenters. The van der Waals surface area contributed by atoms with Gasteiger partial charge < -0.3 is 38.5 Å². The summed E-state index contributed by atoms with van der Waals surface area (Å²) >= 11 is 0. The highest BCUT2D eigenvalue weighted by Crippen LogP contribution is 2.28. The molecule has 1 N–H and O–H groups in total. The van der Waals surface area contributed by atoms with Gasteiger partial charge in [-0.3, -0.25) is 9.79 Å². The lowest BCUT2D eigenvalue weighted by atomic mass is 10.1. The second-order valence-corrected chi connectivity index (χ2v) is 11.2. The van der Waals surface area contributed by atoms with Gasteiger partial charge in [-0.2, -0.15) is 0 Å². The molecule has 0 saturated heterocycles. The van der Waals surface area contributed by atoms with E-state index in [1.807, 2.05) is 19.9 Å². The van der Waals surface area contributed by atoms with E-state index < -0.39 is 49.7 Å². The fraction of sp³-hybridized carbons (Fsp3) is 0.125. The first-order chi connectivity index (χ1) is 26.3. The molecule has 0 heterocycles. The molecule has 4 aromatic carbocycles. The maximum absolute atomic E-state index is 13.0. The number of carbonyl (C=O) groups excluding carboxylic acids is 6. The van der Waals surface area contributed by atoms with Crippen LogP contribution in [0.4, 0.5) is 21.0 Å². The molecule has 0 atom stereocenters. The van der Waals surface area contributed by atoms with Crippen LogP contribution in [0, 0.1) is 20.8 Å². The summed E-state index contributed by atoms with van der Waals surface area (Å²) in [6.45, 7) is 10.6. The van der Waals surface area contributed by atoms with Crippen molar-refractivity contribution in [3.63, 3.8) is 0 Å². The Labute approximate surface area is 314 Å². The first kappa shape index (κ1) is 40.2. The Morgan fingerprint density at radius 3 is 1.69 bits per heavy atom. The largest absolute Gasteiger partial charge is 0.516 e. The van der Waals surface area contributed by atoms with E-state index in [9.17, 15) is 28.8 Å². The first-order valence-electron chi connectivity index (χ1n) is 16.1. The second-order valence-electron chi connectivity index (χ2n) is 11.2. The van der Waals surface area contributed by atoms with Gasteiger partial charge in [-0.05, 0) is 122 Å². The third kappa shape index (κ3) is 12.3. The van der Waals surface area contributed by atoms with Crippen molar-refractivity contribution in [2.45, 2.75) is 20.8 Å². The van der Waals surface area contributed by atoms with E-state index in [0.717, 1.165) is 28.8 Å². The number of hydrogen-bond donors (Lipinski definition) is 1. The number of benzene rings is 4. The van der Waals surface area contributed by atoms with Crippen LogP contribution in [0.2, 0.25) is 0 Å². The zero-order valence-corrected chi connectivity index (χ0v) is 29.8. The van der Waals surface area contributed by atoms with Crippen LogP contribution >= 0.6 is 0 Å². The number of nitrogens with zero attached hydrogens (tertiary/aromatic N) is 1. The topological polar surface area (TPSA) is 191 Å². The maximum atomic E-state index is 13.0. The van der Waals surface area contributed by atoms with Crippen LogP contribution in [-0.4, -0.2) is 55.9 Å². The van der Waals surface area contributed by atoms with Gasteiger partial charge in [0.25, 0.3) is 5.91 Å².